The van der Waals surface area contributed by atoms with Gasteiger partial charge >= 0.3 is 0 Å². The van der Waals surface area contributed by atoms with E-state index in [1.54, 1.807) is 20.4 Å². The van der Waals surface area contributed by atoms with E-state index in [2.05, 4.69) is 10.3 Å². The summed E-state index contributed by atoms with van der Waals surface area (Å²) in [5.74, 6) is 0.725. The van der Waals surface area contributed by atoms with Crippen molar-refractivity contribution >= 4 is 17.6 Å². The number of nitrogens with zero attached hydrogens (tertiary/aromatic N) is 1. The number of benzene rings is 1. The highest BCUT2D eigenvalue weighted by Gasteiger charge is 2.13. The van der Waals surface area contributed by atoms with Crippen LogP contribution in [0.1, 0.15) is 5.56 Å². The monoisotopic (exact) mass is 252 g/mol. The van der Waals surface area contributed by atoms with Gasteiger partial charge in [0.2, 0.25) is 0 Å². The number of methoxy groups -OCH3 is 1. The van der Waals surface area contributed by atoms with Gasteiger partial charge in [-0.15, -0.1) is 0 Å². The third-order valence-corrected chi connectivity index (χ3v) is 2.88. The van der Waals surface area contributed by atoms with Crippen LogP contribution >= 0.6 is 11.6 Å². The van der Waals surface area contributed by atoms with Gasteiger partial charge in [0.15, 0.2) is 0 Å². The molecule has 1 aromatic carbocycles. The van der Waals surface area contributed by atoms with Crippen LogP contribution in [0.3, 0.4) is 0 Å². The maximum atomic E-state index is 6.10. The topological polar surface area (TPSA) is 47.3 Å². The van der Waals surface area contributed by atoms with Gasteiger partial charge in [0.05, 0.1) is 7.11 Å². The molecule has 1 heterocycles. The molecule has 0 aliphatic heterocycles. The number of hydrogen-bond donors (Lipinski definition) is 1. The first-order valence-electron chi connectivity index (χ1n) is 5.13. The van der Waals surface area contributed by atoms with Crippen LogP contribution in [0.15, 0.2) is 22.8 Å². The second-order valence-electron chi connectivity index (χ2n) is 3.59. The van der Waals surface area contributed by atoms with Crippen molar-refractivity contribution in [2.45, 2.75) is 6.92 Å². The average Bonchev–Trinajstić information content (AvgIpc) is 2.80. The summed E-state index contributed by atoms with van der Waals surface area (Å²) in [5.41, 5.74) is 2.46. The highest BCUT2D eigenvalue weighted by molar-refractivity contribution is 6.31. The lowest BCUT2D eigenvalue weighted by Crippen LogP contribution is -1.91. The molecule has 0 aliphatic rings. The minimum atomic E-state index is 0.457. The van der Waals surface area contributed by atoms with Crippen molar-refractivity contribution in [1.29, 1.82) is 0 Å². The summed E-state index contributed by atoms with van der Waals surface area (Å²) in [6.45, 7) is 1.93. The van der Waals surface area contributed by atoms with E-state index in [4.69, 9.17) is 20.8 Å². The Bertz CT molecular complexity index is 537. The molecule has 90 valence electrons. The van der Waals surface area contributed by atoms with Gasteiger partial charge in [-0.25, -0.2) is 0 Å². The summed E-state index contributed by atoms with van der Waals surface area (Å²) in [6.07, 6.45) is 1.56. The lowest BCUT2D eigenvalue weighted by atomic mass is 10.1. The number of hydrogen-bond acceptors (Lipinski definition) is 4. The summed E-state index contributed by atoms with van der Waals surface area (Å²) in [7, 11) is 3.36. The molecule has 0 fully saturated rings. The van der Waals surface area contributed by atoms with E-state index in [1.165, 1.54) is 0 Å². The molecule has 0 atom stereocenters. The number of halogens is 1. The van der Waals surface area contributed by atoms with Crippen LogP contribution in [0.4, 0.5) is 6.01 Å². The Balaban J connectivity index is 2.53. The largest absolute Gasteiger partial charge is 0.496 e. The van der Waals surface area contributed by atoms with Crippen LogP contribution in [0, 0.1) is 6.92 Å². The van der Waals surface area contributed by atoms with Gasteiger partial charge in [0.1, 0.15) is 17.7 Å². The third-order valence-electron chi connectivity index (χ3n) is 2.47. The summed E-state index contributed by atoms with van der Waals surface area (Å²) < 4.78 is 10.5. The van der Waals surface area contributed by atoms with Crippen molar-refractivity contribution in [3.05, 3.63) is 29.0 Å². The molecule has 1 N–H and O–H groups in total. The number of anilines is 1. The number of aromatic nitrogens is 1. The minimum Gasteiger partial charge on any atom is -0.496 e. The molecule has 2 rings (SSSR count). The predicted octanol–water partition coefficient (Wildman–Crippen LogP) is 3.35. The first kappa shape index (κ1) is 11.8. The molecular formula is C12H13ClN2O2. The van der Waals surface area contributed by atoms with Crippen molar-refractivity contribution in [3.63, 3.8) is 0 Å². The van der Waals surface area contributed by atoms with E-state index in [1.807, 2.05) is 19.1 Å². The van der Waals surface area contributed by atoms with Crippen molar-refractivity contribution in [3.8, 4) is 17.0 Å². The SMILES string of the molecule is CNc1nc(-c2cc(Cl)c(C)cc2OC)co1. The van der Waals surface area contributed by atoms with Gasteiger partial charge in [0, 0.05) is 17.6 Å². The van der Waals surface area contributed by atoms with Gasteiger partial charge < -0.3 is 14.5 Å². The van der Waals surface area contributed by atoms with Gasteiger partial charge in [-0.3, -0.25) is 0 Å². The standard InChI is InChI=1S/C12H13ClN2O2/c1-7-4-11(16-3)8(5-9(7)13)10-6-17-12(14-2)15-10/h4-6H,1-3H3,(H,14,15). The Hall–Kier alpha value is -1.68. The van der Waals surface area contributed by atoms with E-state index in [9.17, 15) is 0 Å². The number of rotatable bonds is 3. The molecule has 5 heteroatoms. The number of oxazole rings is 1. The second kappa shape index (κ2) is 4.67. The minimum absolute atomic E-state index is 0.457. The Labute approximate surface area is 105 Å². The Morgan fingerprint density at radius 3 is 2.76 bits per heavy atom. The van der Waals surface area contributed by atoms with Gasteiger partial charge in [-0.05, 0) is 24.6 Å². The zero-order valence-electron chi connectivity index (χ0n) is 9.87. The quantitative estimate of drug-likeness (QED) is 0.910. The molecule has 17 heavy (non-hydrogen) atoms. The summed E-state index contributed by atoms with van der Waals surface area (Å²) in [5, 5.41) is 3.50. The molecule has 0 bridgehead atoms. The molecule has 0 saturated heterocycles. The zero-order valence-corrected chi connectivity index (χ0v) is 10.6. The fraction of sp³-hybridized carbons (Fsp3) is 0.250. The molecule has 2 aromatic rings. The predicted molar refractivity (Wildman–Crippen MR) is 67.8 cm³/mol. The van der Waals surface area contributed by atoms with Crippen LogP contribution in [0.25, 0.3) is 11.3 Å². The molecule has 0 amide bonds. The van der Waals surface area contributed by atoms with Crippen LogP contribution in [0.2, 0.25) is 5.02 Å². The lowest BCUT2D eigenvalue weighted by molar-refractivity contribution is 0.416. The van der Waals surface area contributed by atoms with E-state index in [0.29, 0.717) is 16.7 Å². The van der Waals surface area contributed by atoms with Gasteiger partial charge in [-0.1, -0.05) is 11.6 Å². The smallest absolute Gasteiger partial charge is 0.294 e. The van der Waals surface area contributed by atoms with Gasteiger partial charge in [-0.2, -0.15) is 4.98 Å². The maximum absolute atomic E-state index is 6.10. The molecule has 0 spiro atoms. The van der Waals surface area contributed by atoms with Crippen molar-refractivity contribution in [2.24, 2.45) is 0 Å². The van der Waals surface area contributed by atoms with Crippen LogP contribution < -0.4 is 10.1 Å². The zero-order chi connectivity index (χ0) is 12.4. The maximum Gasteiger partial charge on any atom is 0.294 e. The second-order valence-corrected chi connectivity index (χ2v) is 4.00. The fourth-order valence-corrected chi connectivity index (χ4v) is 1.70. The highest BCUT2D eigenvalue weighted by atomic mass is 35.5. The molecular weight excluding hydrogens is 240 g/mol. The molecule has 1 aromatic heterocycles. The Morgan fingerprint density at radius 1 is 1.41 bits per heavy atom. The van der Waals surface area contributed by atoms with Crippen molar-refractivity contribution < 1.29 is 9.15 Å². The normalized spacial score (nSPS) is 10.4. The van der Waals surface area contributed by atoms with Crippen LogP contribution in [-0.4, -0.2) is 19.1 Å². The van der Waals surface area contributed by atoms with E-state index in [-0.39, 0.29) is 0 Å². The Kier molecular flexibility index (Phi) is 3.24. The fourth-order valence-electron chi connectivity index (χ4n) is 1.54. The molecule has 0 radical (unpaired) electrons. The van der Waals surface area contributed by atoms with Gasteiger partial charge in [0.25, 0.3) is 6.01 Å². The number of ether oxygens (including phenoxy) is 1. The summed E-state index contributed by atoms with van der Waals surface area (Å²) >= 11 is 6.10. The summed E-state index contributed by atoms with van der Waals surface area (Å²) in [6, 6.07) is 4.16. The summed E-state index contributed by atoms with van der Waals surface area (Å²) in [4.78, 5) is 4.26. The molecule has 0 unspecified atom stereocenters. The third kappa shape index (κ3) is 2.22. The van der Waals surface area contributed by atoms with Crippen LogP contribution in [-0.2, 0) is 0 Å². The van der Waals surface area contributed by atoms with E-state index < -0.39 is 0 Å². The molecule has 4 nitrogen and oxygen atoms in total. The average molecular weight is 253 g/mol. The highest BCUT2D eigenvalue weighted by Crippen LogP contribution is 2.34. The van der Waals surface area contributed by atoms with Crippen LogP contribution in [0.5, 0.6) is 5.75 Å². The van der Waals surface area contributed by atoms with Crippen molar-refractivity contribution in [1.82, 2.24) is 4.98 Å². The number of aryl methyl sites for hydroxylation is 1. The molecule has 0 aliphatic carbocycles. The number of nitrogens with one attached hydrogen (secondary N) is 1. The molecule has 0 saturated carbocycles. The first-order chi connectivity index (χ1) is 8.15. The Morgan fingerprint density at radius 2 is 2.18 bits per heavy atom. The van der Waals surface area contributed by atoms with E-state index >= 15 is 0 Å². The van der Waals surface area contributed by atoms with E-state index in [0.717, 1.165) is 16.9 Å². The first-order valence-corrected chi connectivity index (χ1v) is 5.51. The lowest BCUT2D eigenvalue weighted by Gasteiger charge is -2.08. The van der Waals surface area contributed by atoms with Crippen molar-refractivity contribution in [2.75, 3.05) is 19.5 Å².